The van der Waals surface area contributed by atoms with Crippen molar-refractivity contribution in [3.8, 4) is 0 Å². The maximum absolute atomic E-state index is 13.4. The SMILES string of the molecule is Nc1c(C(=O)NCc2ccccc2F)n[nH]c1C1CC1. The Labute approximate surface area is 115 Å². The Morgan fingerprint density at radius 3 is 2.90 bits per heavy atom. The number of aromatic nitrogens is 2. The number of carbonyl (C=O) groups is 1. The van der Waals surface area contributed by atoms with Crippen LogP contribution >= 0.6 is 0 Å². The van der Waals surface area contributed by atoms with E-state index in [9.17, 15) is 9.18 Å². The molecule has 1 aromatic carbocycles. The maximum atomic E-state index is 13.4. The Kier molecular flexibility index (Phi) is 3.14. The summed E-state index contributed by atoms with van der Waals surface area (Å²) in [5, 5.41) is 9.40. The number of carbonyl (C=O) groups excluding carboxylic acids is 1. The van der Waals surface area contributed by atoms with E-state index >= 15 is 0 Å². The lowest BCUT2D eigenvalue weighted by Gasteiger charge is -2.05. The number of benzene rings is 1. The average Bonchev–Trinajstić information content (AvgIpc) is 3.21. The average molecular weight is 274 g/mol. The number of nitrogens with zero attached hydrogens (tertiary/aromatic N) is 1. The number of halogens is 1. The minimum atomic E-state index is -0.395. The Hall–Kier alpha value is -2.37. The number of nitrogen functional groups attached to an aromatic ring is 1. The van der Waals surface area contributed by atoms with Gasteiger partial charge in [-0.05, 0) is 18.9 Å². The van der Waals surface area contributed by atoms with E-state index in [0.29, 0.717) is 17.2 Å². The summed E-state index contributed by atoms with van der Waals surface area (Å²) in [7, 11) is 0. The number of nitrogens with two attached hydrogens (primary N) is 1. The lowest BCUT2D eigenvalue weighted by molar-refractivity contribution is 0.0946. The molecule has 1 aliphatic carbocycles. The number of hydrogen-bond donors (Lipinski definition) is 3. The predicted octanol–water partition coefficient (Wildman–Crippen LogP) is 1.94. The Balaban J connectivity index is 1.69. The fourth-order valence-corrected chi connectivity index (χ4v) is 2.12. The van der Waals surface area contributed by atoms with Crippen molar-refractivity contribution in [1.82, 2.24) is 15.5 Å². The fraction of sp³-hybridized carbons (Fsp3) is 0.286. The van der Waals surface area contributed by atoms with E-state index in [-0.39, 0.29) is 18.1 Å². The van der Waals surface area contributed by atoms with E-state index < -0.39 is 5.91 Å². The van der Waals surface area contributed by atoms with Gasteiger partial charge in [0.2, 0.25) is 0 Å². The molecule has 0 saturated heterocycles. The summed E-state index contributed by atoms with van der Waals surface area (Å²) in [6.07, 6.45) is 2.14. The van der Waals surface area contributed by atoms with Gasteiger partial charge in [0.05, 0.1) is 11.4 Å². The first kappa shape index (κ1) is 12.7. The lowest BCUT2D eigenvalue weighted by atomic mass is 10.2. The molecule has 0 atom stereocenters. The second-order valence-corrected chi connectivity index (χ2v) is 4.95. The number of rotatable bonds is 4. The van der Waals surface area contributed by atoms with Crippen LogP contribution in [0, 0.1) is 5.82 Å². The highest BCUT2D eigenvalue weighted by molar-refractivity contribution is 5.97. The first-order valence-corrected chi connectivity index (χ1v) is 6.52. The standard InChI is InChI=1S/C14H15FN4O/c15-10-4-2-1-3-9(10)7-17-14(20)13-11(16)12(18-19-13)8-5-6-8/h1-4,8H,5-7,16H2,(H,17,20)(H,18,19). The molecule has 1 fully saturated rings. The van der Waals surface area contributed by atoms with Crippen LogP contribution in [0.1, 0.15) is 40.5 Å². The molecule has 0 aliphatic heterocycles. The molecule has 2 aromatic rings. The molecule has 6 heteroatoms. The van der Waals surface area contributed by atoms with Crippen molar-refractivity contribution in [2.45, 2.75) is 25.3 Å². The van der Waals surface area contributed by atoms with E-state index in [0.717, 1.165) is 18.5 Å². The number of nitrogens with one attached hydrogen (secondary N) is 2. The molecule has 0 bridgehead atoms. The van der Waals surface area contributed by atoms with Gasteiger partial charge in [-0.15, -0.1) is 0 Å². The zero-order valence-electron chi connectivity index (χ0n) is 10.8. The zero-order chi connectivity index (χ0) is 14.1. The van der Waals surface area contributed by atoms with Gasteiger partial charge in [0, 0.05) is 18.0 Å². The van der Waals surface area contributed by atoms with Crippen LogP contribution in [-0.2, 0) is 6.54 Å². The van der Waals surface area contributed by atoms with Gasteiger partial charge in [-0.2, -0.15) is 5.10 Å². The summed E-state index contributed by atoms with van der Waals surface area (Å²) < 4.78 is 13.4. The molecule has 20 heavy (non-hydrogen) atoms. The highest BCUT2D eigenvalue weighted by Crippen LogP contribution is 2.42. The van der Waals surface area contributed by atoms with Gasteiger partial charge in [0.25, 0.3) is 5.91 Å². The highest BCUT2D eigenvalue weighted by Gasteiger charge is 2.30. The lowest BCUT2D eigenvalue weighted by Crippen LogP contribution is -2.24. The third-order valence-corrected chi connectivity index (χ3v) is 3.43. The quantitative estimate of drug-likeness (QED) is 0.796. The molecule has 1 aromatic heterocycles. The zero-order valence-corrected chi connectivity index (χ0v) is 10.8. The third kappa shape index (κ3) is 2.36. The maximum Gasteiger partial charge on any atom is 0.274 e. The van der Waals surface area contributed by atoms with E-state index in [1.807, 2.05) is 0 Å². The second kappa shape index (κ2) is 4.96. The van der Waals surface area contributed by atoms with E-state index in [4.69, 9.17) is 5.73 Å². The molecule has 0 unspecified atom stereocenters. The van der Waals surface area contributed by atoms with Crippen LogP contribution in [0.15, 0.2) is 24.3 Å². The monoisotopic (exact) mass is 274 g/mol. The molecule has 0 spiro atoms. The summed E-state index contributed by atoms with van der Waals surface area (Å²) in [6, 6.07) is 6.31. The van der Waals surface area contributed by atoms with Crippen molar-refractivity contribution >= 4 is 11.6 Å². The van der Waals surface area contributed by atoms with E-state index in [1.54, 1.807) is 18.2 Å². The minimum absolute atomic E-state index is 0.108. The molecule has 0 radical (unpaired) electrons. The van der Waals surface area contributed by atoms with E-state index in [2.05, 4.69) is 15.5 Å². The summed E-state index contributed by atoms with van der Waals surface area (Å²) >= 11 is 0. The molecule has 3 rings (SSSR count). The van der Waals surface area contributed by atoms with Crippen molar-refractivity contribution in [1.29, 1.82) is 0 Å². The summed E-state index contributed by atoms with van der Waals surface area (Å²) in [5.74, 6) is -0.342. The number of hydrogen-bond acceptors (Lipinski definition) is 3. The van der Waals surface area contributed by atoms with Gasteiger partial charge in [-0.3, -0.25) is 9.89 Å². The van der Waals surface area contributed by atoms with Crippen LogP contribution in [0.2, 0.25) is 0 Å². The smallest absolute Gasteiger partial charge is 0.274 e. The summed E-state index contributed by atoms with van der Waals surface area (Å²) in [5.41, 5.74) is 7.76. The van der Waals surface area contributed by atoms with Crippen molar-refractivity contribution in [3.05, 3.63) is 47.0 Å². The molecule has 104 valence electrons. The predicted molar refractivity (Wildman–Crippen MR) is 72.5 cm³/mol. The van der Waals surface area contributed by atoms with Crippen LogP contribution in [0.4, 0.5) is 10.1 Å². The molecular weight excluding hydrogens is 259 g/mol. The Morgan fingerprint density at radius 2 is 2.20 bits per heavy atom. The van der Waals surface area contributed by atoms with Crippen LogP contribution in [0.5, 0.6) is 0 Å². The first-order valence-electron chi connectivity index (χ1n) is 6.52. The van der Waals surface area contributed by atoms with Gasteiger partial charge in [-0.25, -0.2) is 4.39 Å². The molecule has 4 N–H and O–H groups in total. The van der Waals surface area contributed by atoms with Crippen LogP contribution < -0.4 is 11.1 Å². The van der Waals surface area contributed by atoms with Crippen LogP contribution in [-0.4, -0.2) is 16.1 Å². The molecular formula is C14H15FN4O. The molecule has 1 amide bonds. The largest absolute Gasteiger partial charge is 0.395 e. The fourth-order valence-electron chi connectivity index (χ4n) is 2.12. The van der Waals surface area contributed by atoms with Crippen LogP contribution in [0.3, 0.4) is 0 Å². The van der Waals surface area contributed by atoms with Crippen molar-refractivity contribution in [2.24, 2.45) is 0 Å². The highest BCUT2D eigenvalue weighted by atomic mass is 19.1. The second-order valence-electron chi connectivity index (χ2n) is 4.95. The summed E-state index contributed by atoms with van der Waals surface area (Å²) in [6.45, 7) is 0.108. The third-order valence-electron chi connectivity index (χ3n) is 3.43. The number of anilines is 1. The molecule has 1 aliphatic rings. The Bertz CT molecular complexity index is 648. The summed E-state index contributed by atoms with van der Waals surface area (Å²) in [4.78, 5) is 12.0. The number of H-pyrrole nitrogens is 1. The normalized spacial score (nSPS) is 14.2. The molecule has 1 saturated carbocycles. The Morgan fingerprint density at radius 1 is 1.45 bits per heavy atom. The van der Waals surface area contributed by atoms with Gasteiger partial charge in [0.15, 0.2) is 5.69 Å². The first-order chi connectivity index (χ1) is 9.66. The number of amides is 1. The van der Waals surface area contributed by atoms with E-state index in [1.165, 1.54) is 6.07 Å². The minimum Gasteiger partial charge on any atom is -0.395 e. The van der Waals surface area contributed by atoms with Gasteiger partial charge >= 0.3 is 0 Å². The number of aromatic amines is 1. The van der Waals surface area contributed by atoms with Gasteiger partial charge < -0.3 is 11.1 Å². The van der Waals surface area contributed by atoms with Gasteiger partial charge in [0.1, 0.15) is 5.82 Å². The van der Waals surface area contributed by atoms with Gasteiger partial charge in [-0.1, -0.05) is 18.2 Å². The topological polar surface area (TPSA) is 83.8 Å². The van der Waals surface area contributed by atoms with Crippen molar-refractivity contribution in [3.63, 3.8) is 0 Å². The van der Waals surface area contributed by atoms with Crippen molar-refractivity contribution in [2.75, 3.05) is 5.73 Å². The molecule has 1 heterocycles. The van der Waals surface area contributed by atoms with Crippen molar-refractivity contribution < 1.29 is 9.18 Å². The molecule has 5 nitrogen and oxygen atoms in total. The van der Waals surface area contributed by atoms with Crippen LogP contribution in [0.25, 0.3) is 0 Å².